The van der Waals surface area contributed by atoms with Crippen LogP contribution in [0.25, 0.3) is 5.57 Å². The molecule has 3 aromatic rings. The van der Waals surface area contributed by atoms with E-state index in [1.54, 1.807) is 18.4 Å². The first-order chi connectivity index (χ1) is 20.8. The Morgan fingerprint density at radius 3 is 2.79 bits per heavy atom. The number of nitrogens with one attached hydrogen (secondary N) is 2. The molecule has 11 heteroatoms. The van der Waals surface area contributed by atoms with Gasteiger partial charge in [0.2, 0.25) is 0 Å². The number of hydrogen-bond donors (Lipinski definition) is 2. The molecule has 6 rings (SSSR count). The van der Waals surface area contributed by atoms with Gasteiger partial charge in [-0.25, -0.2) is 13.8 Å². The molecule has 3 aliphatic rings. The van der Waals surface area contributed by atoms with E-state index in [-0.39, 0.29) is 41.4 Å². The molecule has 2 N–H and O–H groups in total. The molecule has 0 radical (unpaired) electrons. The van der Waals surface area contributed by atoms with Crippen molar-refractivity contribution in [3.8, 4) is 11.5 Å². The summed E-state index contributed by atoms with van der Waals surface area (Å²) < 4.78 is 38.8. The van der Waals surface area contributed by atoms with Crippen molar-refractivity contribution in [3.05, 3.63) is 79.8 Å². The number of carbonyl (C=O) groups excluding carboxylic acids is 1. The minimum absolute atomic E-state index is 0.0764. The van der Waals surface area contributed by atoms with Crippen LogP contribution < -0.4 is 20.1 Å². The molecular weight excluding hydrogens is 594 g/mol. The normalized spacial score (nSPS) is 19.8. The van der Waals surface area contributed by atoms with Gasteiger partial charge >= 0.3 is 0 Å². The smallest absolute Gasteiger partial charge is 0.252 e. The van der Waals surface area contributed by atoms with Crippen molar-refractivity contribution in [1.82, 2.24) is 20.5 Å². The molecule has 2 atom stereocenters. The van der Waals surface area contributed by atoms with Crippen LogP contribution in [0.15, 0.2) is 42.1 Å². The Balaban J connectivity index is 1.21. The van der Waals surface area contributed by atoms with E-state index in [2.05, 4.69) is 21.7 Å². The van der Waals surface area contributed by atoms with Gasteiger partial charge in [0.15, 0.2) is 11.6 Å². The number of aryl methyl sites for hydroxylation is 1. The molecule has 1 amide bonds. The van der Waals surface area contributed by atoms with Gasteiger partial charge in [-0.2, -0.15) is 0 Å². The fourth-order valence-electron chi connectivity index (χ4n) is 5.95. The van der Waals surface area contributed by atoms with Crippen molar-refractivity contribution in [2.75, 3.05) is 26.8 Å². The Morgan fingerprint density at radius 1 is 1.19 bits per heavy atom. The van der Waals surface area contributed by atoms with Crippen molar-refractivity contribution in [3.63, 3.8) is 0 Å². The largest absolute Gasteiger partial charge is 0.496 e. The number of amides is 1. The zero-order chi connectivity index (χ0) is 30.1. The first-order valence-corrected chi connectivity index (χ1v) is 15.9. The summed E-state index contributed by atoms with van der Waals surface area (Å²) in [7, 11) is 1.67. The van der Waals surface area contributed by atoms with E-state index >= 15 is 0 Å². The predicted octanol–water partition coefficient (Wildman–Crippen LogP) is 5.68. The highest BCUT2D eigenvalue weighted by molar-refractivity contribution is 7.12. The van der Waals surface area contributed by atoms with Crippen molar-refractivity contribution in [2.45, 2.75) is 63.7 Å². The number of aromatic nitrogens is 1. The number of thiazole rings is 1. The Kier molecular flexibility index (Phi) is 9.00. The molecule has 43 heavy (non-hydrogen) atoms. The molecule has 2 aliphatic heterocycles. The minimum Gasteiger partial charge on any atom is -0.496 e. The van der Waals surface area contributed by atoms with E-state index in [4.69, 9.17) is 21.1 Å². The average molecular weight is 629 g/mol. The van der Waals surface area contributed by atoms with Gasteiger partial charge in [-0.15, -0.1) is 11.3 Å². The highest BCUT2D eigenvalue weighted by atomic mass is 35.5. The molecule has 2 bridgehead atoms. The van der Waals surface area contributed by atoms with Crippen LogP contribution in [0.4, 0.5) is 8.78 Å². The van der Waals surface area contributed by atoms with E-state index in [0.29, 0.717) is 25.9 Å². The summed E-state index contributed by atoms with van der Waals surface area (Å²) in [5.74, 6) is -0.779. The van der Waals surface area contributed by atoms with Crippen LogP contribution in [-0.4, -0.2) is 60.7 Å². The second-order valence-electron chi connectivity index (χ2n) is 11.3. The quantitative estimate of drug-likeness (QED) is 0.210. The number of carbonyl (C=O) groups is 1. The molecular formula is C32H35ClF2N4O3S. The molecule has 1 aromatic heterocycles. The van der Waals surface area contributed by atoms with Gasteiger partial charge < -0.3 is 25.0 Å². The molecule has 0 unspecified atom stereocenters. The summed E-state index contributed by atoms with van der Waals surface area (Å²) >= 11 is 7.45. The number of ether oxygens (including phenoxy) is 2. The Morgan fingerprint density at radius 2 is 2.00 bits per heavy atom. The molecule has 0 spiro atoms. The molecule has 2 fully saturated rings. The van der Waals surface area contributed by atoms with Crippen LogP contribution in [0.1, 0.15) is 46.7 Å². The minimum atomic E-state index is -0.720. The number of hydrogen-bond acceptors (Lipinski definition) is 7. The third-order valence-corrected chi connectivity index (χ3v) is 9.84. The summed E-state index contributed by atoms with van der Waals surface area (Å²) in [6, 6.07) is 8.37. The van der Waals surface area contributed by atoms with Gasteiger partial charge in [0.05, 0.1) is 29.6 Å². The maximum absolute atomic E-state index is 14.4. The van der Waals surface area contributed by atoms with E-state index in [1.165, 1.54) is 0 Å². The SMILES string of the molecule is COc1cccc(CN(C(=O)C2=C(c3cnc(CCCOc4c(F)ccc(F)c4Cl)s3)C[C@@H]3CNC[C@H]2N3)C2CC2)c1C. The van der Waals surface area contributed by atoms with Crippen LogP contribution in [-0.2, 0) is 17.8 Å². The topological polar surface area (TPSA) is 75.7 Å². The van der Waals surface area contributed by atoms with Crippen molar-refractivity contribution < 1.29 is 23.0 Å². The number of piperazine rings is 1. The lowest BCUT2D eigenvalue weighted by Gasteiger charge is -2.40. The average Bonchev–Trinajstić information content (AvgIpc) is 3.74. The summed E-state index contributed by atoms with van der Waals surface area (Å²) in [4.78, 5) is 22.1. The summed E-state index contributed by atoms with van der Waals surface area (Å²) in [6.07, 6.45) is 5.78. The molecule has 3 heterocycles. The number of fused-ring (bicyclic) bond motifs is 2. The maximum Gasteiger partial charge on any atom is 0.252 e. The Bertz CT molecular complexity index is 1540. The third kappa shape index (κ3) is 6.43. The second-order valence-corrected chi connectivity index (χ2v) is 12.8. The van der Waals surface area contributed by atoms with Crippen LogP contribution in [0.2, 0.25) is 5.02 Å². The summed E-state index contributed by atoms with van der Waals surface area (Å²) in [5, 5.41) is 7.72. The zero-order valence-corrected chi connectivity index (χ0v) is 25.8. The first kappa shape index (κ1) is 30.0. The van der Waals surface area contributed by atoms with E-state index in [0.717, 1.165) is 75.8 Å². The first-order valence-electron chi connectivity index (χ1n) is 14.7. The number of methoxy groups -OCH3 is 1. The maximum atomic E-state index is 14.4. The standard InChI is InChI=1S/C32H35ClF2N4O3S/c1-18-19(5-3-6-26(18)41-2)17-39(21-8-9-21)32(40)29-22(13-20-14-36-15-25(29)38-20)27-16-37-28(43-27)7-4-12-42-31-24(35)11-10-23(34)30(31)33/h3,5-6,10-11,16,20-21,25,36,38H,4,7-9,12-15,17H2,1-2H3/t20-,25-/m1/s1. The van der Waals surface area contributed by atoms with Crippen molar-refractivity contribution >= 4 is 34.4 Å². The molecule has 228 valence electrons. The number of benzene rings is 2. The van der Waals surface area contributed by atoms with Crippen LogP contribution in [0, 0.1) is 18.6 Å². The van der Waals surface area contributed by atoms with Gasteiger partial charge in [0.25, 0.3) is 5.91 Å². The van der Waals surface area contributed by atoms with Crippen LogP contribution in [0.5, 0.6) is 11.5 Å². The number of nitrogens with zero attached hydrogens (tertiary/aromatic N) is 2. The zero-order valence-electron chi connectivity index (χ0n) is 24.2. The fourth-order valence-corrected chi connectivity index (χ4v) is 7.18. The van der Waals surface area contributed by atoms with Crippen LogP contribution >= 0.6 is 22.9 Å². The second kappa shape index (κ2) is 12.9. The van der Waals surface area contributed by atoms with E-state index in [1.807, 2.05) is 30.2 Å². The van der Waals surface area contributed by atoms with Gasteiger partial charge in [-0.1, -0.05) is 23.7 Å². The highest BCUT2D eigenvalue weighted by Gasteiger charge is 2.41. The molecule has 1 saturated carbocycles. The van der Waals surface area contributed by atoms with Crippen molar-refractivity contribution in [1.29, 1.82) is 0 Å². The molecule has 7 nitrogen and oxygen atoms in total. The Labute approximate surface area is 259 Å². The molecule has 1 aliphatic carbocycles. The summed E-state index contributed by atoms with van der Waals surface area (Å²) in [5.41, 5.74) is 4.04. The van der Waals surface area contributed by atoms with Crippen LogP contribution in [0.3, 0.4) is 0 Å². The van der Waals surface area contributed by atoms with E-state index < -0.39 is 11.6 Å². The summed E-state index contributed by atoms with van der Waals surface area (Å²) in [6.45, 7) is 4.29. The molecule has 2 aromatic carbocycles. The monoisotopic (exact) mass is 628 g/mol. The predicted molar refractivity (Wildman–Crippen MR) is 164 cm³/mol. The van der Waals surface area contributed by atoms with Crippen molar-refractivity contribution in [2.24, 2.45) is 0 Å². The molecule has 1 saturated heterocycles. The third-order valence-electron chi connectivity index (χ3n) is 8.37. The Hall–Kier alpha value is -3.05. The fraction of sp³-hybridized carbons (Fsp3) is 0.438. The van der Waals surface area contributed by atoms with Gasteiger partial charge in [0.1, 0.15) is 16.6 Å². The van der Waals surface area contributed by atoms with Gasteiger partial charge in [0, 0.05) is 49.9 Å². The lowest BCUT2D eigenvalue weighted by molar-refractivity contribution is -0.128. The van der Waals surface area contributed by atoms with Gasteiger partial charge in [-0.3, -0.25) is 4.79 Å². The number of rotatable bonds is 11. The van der Waals surface area contributed by atoms with E-state index in [9.17, 15) is 13.6 Å². The van der Waals surface area contributed by atoms with Gasteiger partial charge in [-0.05, 0) is 67.5 Å². The lowest BCUT2D eigenvalue weighted by Crippen LogP contribution is -2.59. The lowest BCUT2D eigenvalue weighted by atomic mass is 9.86. The number of halogens is 3. The highest BCUT2D eigenvalue weighted by Crippen LogP contribution is 2.38.